The first kappa shape index (κ1) is 29.3. The van der Waals surface area contributed by atoms with Gasteiger partial charge in [-0.1, -0.05) is 70.4 Å². The van der Waals surface area contributed by atoms with Crippen LogP contribution >= 0.6 is 0 Å². The highest BCUT2D eigenvalue weighted by atomic mass is 32.2. The molecule has 0 spiro atoms. The molecular formula is C21H44N2O4S. The summed E-state index contributed by atoms with van der Waals surface area (Å²) in [5, 5.41) is 2.59. The van der Waals surface area contributed by atoms with Crippen LogP contribution in [0, 0.1) is 0 Å². The van der Waals surface area contributed by atoms with Gasteiger partial charge in [-0.25, -0.2) is 0 Å². The molecule has 0 unspecified atom stereocenters. The Bertz CT molecular complexity index is 465. The number of nitrogens with one attached hydrogen (secondary N) is 1. The summed E-state index contributed by atoms with van der Waals surface area (Å²) >= 11 is 0. The van der Waals surface area contributed by atoms with E-state index >= 15 is 0 Å². The number of primary amides is 1. The van der Waals surface area contributed by atoms with Gasteiger partial charge in [0.1, 0.15) is 0 Å². The van der Waals surface area contributed by atoms with Crippen LogP contribution in [0.2, 0.25) is 0 Å². The first-order chi connectivity index (χ1) is 13.3. The van der Waals surface area contributed by atoms with Crippen molar-refractivity contribution in [2.45, 2.75) is 96.8 Å². The molecule has 6 nitrogen and oxygen atoms in total. The fourth-order valence-electron chi connectivity index (χ4n) is 2.60. The Labute approximate surface area is 173 Å². The largest absolute Gasteiger partial charge is 0.370 e. The highest BCUT2D eigenvalue weighted by molar-refractivity contribution is 7.85. The smallest absolute Gasteiger partial charge is 0.266 e. The molecule has 0 bridgehead atoms. The van der Waals surface area contributed by atoms with Crippen LogP contribution in [-0.2, 0) is 14.9 Å². The third kappa shape index (κ3) is 32.7. The zero-order chi connectivity index (χ0) is 21.5. The summed E-state index contributed by atoms with van der Waals surface area (Å²) in [5.74, 6) is -0.383. The second-order valence-electron chi connectivity index (χ2n) is 7.19. The van der Waals surface area contributed by atoms with Gasteiger partial charge in [-0.05, 0) is 39.2 Å². The van der Waals surface area contributed by atoms with Gasteiger partial charge in [0, 0.05) is 13.0 Å². The van der Waals surface area contributed by atoms with Crippen molar-refractivity contribution >= 4 is 16.0 Å². The molecule has 28 heavy (non-hydrogen) atoms. The van der Waals surface area contributed by atoms with E-state index < -0.39 is 10.1 Å². The van der Waals surface area contributed by atoms with Crippen molar-refractivity contribution in [3.05, 3.63) is 12.2 Å². The minimum absolute atomic E-state index is 0.164. The number of carbonyl (C=O) groups is 1. The van der Waals surface area contributed by atoms with Gasteiger partial charge in [-0.2, -0.15) is 8.42 Å². The Kier molecular flexibility index (Phi) is 23.4. The van der Waals surface area contributed by atoms with Gasteiger partial charge in [0.15, 0.2) is 0 Å². The molecule has 0 aliphatic carbocycles. The van der Waals surface area contributed by atoms with Gasteiger partial charge in [-0.15, -0.1) is 0 Å². The number of amides is 1. The Morgan fingerprint density at radius 2 is 1.36 bits per heavy atom. The summed E-state index contributed by atoms with van der Waals surface area (Å²) in [6, 6.07) is 0. The van der Waals surface area contributed by atoms with Gasteiger partial charge in [-0.3, -0.25) is 9.35 Å². The van der Waals surface area contributed by atoms with Crippen molar-refractivity contribution in [3.8, 4) is 0 Å². The fraction of sp³-hybridized carbons (Fsp3) is 0.857. The van der Waals surface area contributed by atoms with Gasteiger partial charge in [0.2, 0.25) is 5.91 Å². The molecule has 0 radical (unpaired) electrons. The molecule has 0 aliphatic rings. The first-order valence-corrected chi connectivity index (χ1v) is 12.5. The van der Waals surface area contributed by atoms with Crippen molar-refractivity contribution in [3.63, 3.8) is 0 Å². The molecule has 0 saturated carbocycles. The van der Waals surface area contributed by atoms with Crippen molar-refractivity contribution in [2.75, 3.05) is 19.3 Å². The molecular weight excluding hydrogens is 376 g/mol. The van der Waals surface area contributed by atoms with Gasteiger partial charge in [0.05, 0.1) is 5.75 Å². The van der Waals surface area contributed by atoms with E-state index in [0.29, 0.717) is 13.0 Å². The maximum atomic E-state index is 10.5. The van der Waals surface area contributed by atoms with Crippen molar-refractivity contribution in [2.24, 2.45) is 5.73 Å². The molecule has 0 rings (SSSR count). The average Bonchev–Trinajstić information content (AvgIpc) is 2.63. The molecule has 0 fully saturated rings. The number of unbranched alkanes of at least 4 members (excludes halogenated alkanes) is 11. The SMILES string of the molecule is CCCCCCCC/C=C\CCCCCCCC(N)=O.CNCCS(=O)(=O)O. The summed E-state index contributed by atoms with van der Waals surface area (Å²) in [6.07, 6.45) is 21.9. The fourth-order valence-corrected chi connectivity index (χ4v) is 3.06. The van der Waals surface area contributed by atoms with Crippen LogP contribution in [0.5, 0.6) is 0 Å². The highest BCUT2D eigenvalue weighted by Crippen LogP contribution is 2.09. The van der Waals surface area contributed by atoms with Crippen LogP contribution in [0.3, 0.4) is 0 Å². The molecule has 0 saturated heterocycles. The summed E-state index contributed by atoms with van der Waals surface area (Å²) < 4.78 is 27.9. The monoisotopic (exact) mass is 420 g/mol. The maximum Gasteiger partial charge on any atom is 0.266 e. The Morgan fingerprint density at radius 1 is 0.893 bits per heavy atom. The van der Waals surface area contributed by atoms with E-state index in [1.807, 2.05) is 0 Å². The topological polar surface area (TPSA) is 109 Å². The molecule has 0 aliphatic heterocycles. The molecule has 0 aromatic carbocycles. The van der Waals surface area contributed by atoms with Crippen molar-refractivity contribution in [1.29, 1.82) is 0 Å². The molecule has 0 aromatic rings. The van der Waals surface area contributed by atoms with Crippen LogP contribution in [0.4, 0.5) is 0 Å². The second kappa shape index (κ2) is 22.4. The third-order valence-electron chi connectivity index (χ3n) is 4.29. The summed E-state index contributed by atoms with van der Waals surface area (Å²) in [5.41, 5.74) is 5.10. The average molecular weight is 421 g/mol. The molecule has 1 amide bonds. The summed E-state index contributed by atoms with van der Waals surface area (Å²) in [7, 11) is -2.13. The minimum Gasteiger partial charge on any atom is -0.370 e. The number of nitrogens with two attached hydrogens (primary N) is 1. The lowest BCUT2D eigenvalue weighted by molar-refractivity contribution is -0.118. The van der Waals surface area contributed by atoms with E-state index in [9.17, 15) is 13.2 Å². The molecule has 4 N–H and O–H groups in total. The van der Waals surface area contributed by atoms with Crippen LogP contribution < -0.4 is 11.1 Å². The normalized spacial score (nSPS) is 11.4. The molecule has 168 valence electrons. The van der Waals surface area contributed by atoms with Crippen molar-refractivity contribution in [1.82, 2.24) is 5.32 Å². The quantitative estimate of drug-likeness (QED) is 0.170. The Balaban J connectivity index is 0. The molecule has 0 heterocycles. The van der Waals surface area contributed by atoms with Crippen molar-refractivity contribution < 1.29 is 17.8 Å². The molecule has 7 heteroatoms. The van der Waals surface area contributed by atoms with E-state index in [1.54, 1.807) is 7.05 Å². The lowest BCUT2D eigenvalue weighted by atomic mass is 10.1. The van der Waals surface area contributed by atoms with E-state index in [4.69, 9.17) is 10.3 Å². The predicted octanol–water partition coefficient (Wildman–Crippen LogP) is 4.60. The Morgan fingerprint density at radius 3 is 1.75 bits per heavy atom. The van der Waals surface area contributed by atoms with Gasteiger partial charge in [0.25, 0.3) is 10.1 Å². The predicted molar refractivity (Wildman–Crippen MR) is 119 cm³/mol. The number of hydrogen-bond donors (Lipinski definition) is 3. The van der Waals surface area contributed by atoms with Gasteiger partial charge >= 0.3 is 0 Å². The number of allylic oxidation sites excluding steroid dienone is 2. The second-order valence-corrected chi connectivity index (χ2v) is 8.76. The van der Waals surface area contributed by atoms with Crippen LogP contribution in [0.15, 0.2) is 12.2 Å². The molecule has 0 aromatic heterocycles. The maximum absolute atomic E-state index is 10.5. The molecule has 0 atom stereocenters. The summed E-state index contributed by atoms with van der Waals surface area (Å²) in [4.78, 5) is 10.5. The van der Waals surface area contributed by atoms with Crippen LogP contribution in [0.25, 0.3) is 0 Å². The Hall–Kier alpha value is -0.920. The number of carbonyl (C=O) groups excluding carboxylic acids is 1. The van der Waals surface area contributed by atoms with Gasteiger partial charge < -0.3 is 11.1 Å². The first-order valence-electron chi connectivity index (χ1n) is 10.9. The minimum atomic E-state index is -3.75. The van der Waals surface area contributed by atoms with E-state index in [-0.39, 0.29) is 11.7 Å². The lowest BCUT2D eigenvalue weighted by Crippen LogP contribution is -2.18. The standard InChI is InChI=1S/C18H35NO.C3H9NO3S/c1-2-3-4-5-6-7-8-9-10-11-12-13-14-15-16-17-18(19)20;1-4-2-3-8(5,6)7/h9-10H,2-8,11-17H2,1H3,(H2,19,20);4H,2-3H2,1H3,(H,5,6,7)/b10-9-;. The number of rotatable bonds is 18. The van der Waals surface area contributed by atoms with Crippen LogP contribution in [-0.4, -0.2) is 38.2 Å². The highest BCUT2D eigenvalue weighted by Gasteiger charge is 2.00. The van der Waals surface area contributed by atoms with Crippen LogP contribution in [0.1, 0.15) is 96.8 Å². The lowest BCUT2D eigenvalue weighted by Gasteiger charge is -1.99. The zero-order valence-electron chi connectivity index (χ0n) is 18.1. The van der Waals surface area contributed by atoms with E-state index in [1.165, 1.54) is 70.6 Å². The zero-order valence-corrected chi connectivity index (χ0v) is 18.9. The van der Waals surface area contributed by atoms with E-state index in [0.717, 1.165) is 12.8 Å². The summed E-state index contributed by atoms with van der Waals surface area (Å²) in [6.45, 7) is 2.55. The third-order valence-corrected chi connectivity index (χ3v) is 5.02. The van der Waals surface area contributed by atoms with E-state index in [2.05, 4.69) is 24.4 Å². The number of hydrogen-bond acceptors (Lipinski definition) is 4.